The lowest BCUT2D eigenvalue weighted by atomic mass is 10.2. The number of methoxy groups -OCH3 is 1. The SMILES string of the molecule is COc1cc(/C=N/NC(=O)c2cccc(Br)c2)ccc1OC(=O)c1ccccc1Cl. The molecule has 0 saturated heterocycles. The first-order valence-electron chi connectivity index (χ1n) is 8.71. The summed E-state index contributed by atoms with van der Waals surface area (Å²) < 4.78 is 11.5. The molecule has 0 radical (unpaired) electrons. The molecular formula is C22H16BrClN2O4. The molecule has 0 aliphatic heterocycles. The lowest BCUT2D eigenvalue weighted by Gasteiger charge is -2.10. The van der Waals surface area contributed by atoms with Crippen molar-refractivity contribution >= 4 is 45.6 Å². The van der Waals surface area contributed by atoms with Crippen LogP contribution in [-0.4, -0.2) is 25.2 Å². The number of nitrogens with zero attached hydrogens (tertiary/aromatic N) is 1. The summed E-state index contributed by atoms with van der Waals surface area (Å²) in [4.78, 5) is 24.5. The van der Waals surface area contributed by atoms with Gasteiger partial charge in [-0.15, -0.1) is 0 Å². The standard InChI is InChI=1S/C22H16BrClN2O4/c1-29-20-11-14(13-25-26-21(27)15-5-4-6-16(23)12-15)9-10-19(20)30-22(28)17-7-2-3-8-18(17)24/h2-13H,1H3,(H,26,27)/b25-13+. The molecule has 0 saturated carbocycles. The van der Waals surface area contributed by atoms with E-state index in [9.17, 15) is 9.59 Å². The molecule has 8 heteroatoms. The summed E-state index contributed by atoms with van der Waals surface area (Å²) in [6.07, 6.45) is 1.46. The Morgan fingerprint density at radius 1 is 1.03 bits per heavy atom. The van der Waals surface area contributed by atoms with E-state index < -0.39 is 5.97 Å². The van der Waals surface area contributed by atoms with Crippen LogP contribution in [0.15, 0.2) is 76.3 Å². The predicted molar refractivity (Wildman–Crippen MR) is 119 cm³/mol. The van der Waals surface area contributed by atoms with Crippen molar-refractivity contribution < 1.29 is 19.1 Å². The molecule has 0 fully saturated rings. The van der Waals surface area contributed by atoms with E-state index in [0.29, 0.717) is 21.9 Å². The van der Waals surface area contributed by atoms with E-state index in [4.69, 9.17) is 21.1 Å². The largest absolute Gasteiger partial charge is 0.493 e. The van der Waals surface area contributed by atoms with E-state index in [1.165, 1.54) is 13.3 Å². The number of esters is 1. The van der Waals surface area contributed by atoms with E-state index in [-0.39, 0.29) is 17.2 Å². The summed E-state index contributed by atoms with van der Waals surface area (Å²) in [6.45, 7) is 0. The van der Waals surface area contributed by atoms with Crippen LogP contribution in [0.2, 0.25) is 5.02 Å². The second kappa shape index (κ2) is 10.0. The molecule has 0 heterocycles. The van der Waals surface area contributed by atoms with E-state index in [0.717, 1.165) is 4.47 Å². The van der Waals surface area contributed by atoms with Crippen molar-refractivity contribution in [3.63, 3.8) is 0 Å². The van der Waals surface area contributed by atoms with E-state index in [1.54, 1.807) is 60.7 Å². The third-order valence-electron chi connectivity index (χ3n) is 3.95. The molecule has 3 rings (SSSR count). The monoisotopic (exact) mass is 486 g/mol. The fourth-order valence-corrected chi connectivity index (χ4v) is 3.10. The highest BCUT2D eigenvalue weighted by Gasteiger charge is 2.15. The molecular weight excluding hydrogens is 472 g/mol. The number of ether oxygens (including phenoxy) is 2. The molecule has 3 aromatic rings. The summed E-state index contributed by atoms with van der Waals surface area (Å²) in [6, 6.07) is 18.4. The van der Waals surface area contributed by atoms with Crippen LogP contribution in [0.3, 0.4) is 0 Å². The van der Waals surface area contributed by atoms with Crippen molar-refractivity contribution in [2.75, 3.05) is 7.11 Å². The maximum absolute atomic E-state index is 12.4. The van der Waals surface area contributed by atoms with Gasteiger partial charge >= 0.3 is 5.97 Å². The lowest BCUT2D eigenvalue weighted by Crippen LogP contribution is -2.17. The molecule has 0 aromatic heterocycles. The van der Waals surface area contributed by atoms with Gasteiger partial charge in [-0.25, -0.2) is 10.2 Å². The van der Waals surface area contributed by atoms with Crippen LogP contribution in [0.1, 0.15) is 26.3 Å². The minimum absolute atomic E-state index is 0.234. The first-order chi connectivity index (χ1) is 14.5. The van der Waals surface area contributed by atoms with Gasteiger partial charge in [-0.05, 0) is 54.1 Å². The molecule has 0 spiro atoms. The minimum Gasteiger partial charge on any atom is -0.493 e. The normalized spacial score (nSPS) is 10.6. The highest BCUT2D eigenvalue weighted by atomic mass is 79.9. The molecule has 0 aliphatic carbocycles. The van der Waals surface area contributed by atoms with Crippen LogP contribution in [0.25, 0.3) is 0 Å². The van der Waals surface area contributed by atoms with Crippen molar-refractivity contribution in [2.24, 2.45) is 5.10 Å². The Kier molecular flexibility index (Phi) is 7.21. The fraction of sp³-hybridized carbons (Fsp3) is 0.0455. The average Bonchev–Trinajstić information content (AvgIpc) is 2.74. The van der Waals surface area contributed by atoms with Gasteiger partial charge in [0.15, 0.2) is 11.5 Å². The van der Waals surface area contributed by atoms with Gasteiger partial charge in [0.25, 0.3) is 5.91 Å². The Hall–Kier alpha value is -3.16. The Bertz CT molecular complexity index is 1120. The number of amides is 1. The van der Waals surface area contributed by atoms with Gasteiger partial charge in [0, 0.05) is 10.0 Å². The Labute approximate surface area is 186 Å². The van der Waals surface area contributed by atoms with Crippen LogP contribution in [0, 0.1) is 0 Å². The van der Waals surface area contributed by atoms with E-state index in [2.05, 4.69) is 26.5 Å². The van der Waals surface area contributed by atoms with E-state index in [1.807, 2.05) is 6.07 Å². The molecule has 0 unspecified atom stereocenters. The fourth-order valence-electron chi connectivity index (χ4n) is 2.49. The molecule has 1 amide bonds. The molecule has 0 bridgehead atoms. The van der Waals surface area contributed by atoms with Crippen LogP contribution < -0.4 is 14.9 Å². The topological polar surface area (TPSA) is 77.0 Å². The van der Waals surface area contributed by atoms with E-state index >= 15 is 0 Å². The number of rotatable bonds is 6. The number of hydrogen-bond acceptors (Lipinski definition) is 5. The van der Waals surface area contributed by atoms with Crippen molar-refractivity contribution in [3.05, 3.63) is 92.9 Å². The molecule has 0 atom stereocenters. The van der Waals surface area contributed by atoms with Crippen LogP contribution in [-0.2, 0) is 0 Å². The maximum atomic E-state index is 12.4. The molecule has 30 heavy (non-hydrogen) atoms. The van der Waals surface area contributed by atoms with Crippen molar-refractivity contribution in [2.45, 2.75) is 0 Å². The van der Waals surface area contributed by atoms with Gasteiger partial charge in [-0.3, -0.25) is 4.79 Å². The molecule has 3 aromatic carbocycles. The number of nitrogens with one attached hydrogen (secondary N) is 1. The first kappa shape index (κ1) is 21.5. The van der Waals surface area contributed by atoms with Crippen molar-refractivity contribution in [1.29, 1.82) is 0 Å². The number of hydrazone groups is 1. The van der Waals surface area contributed by atoms with Crippen molar-refractivity contribution in [3.8, 4) is 11.5 Å². The number of hydrogen-bond donors (Lipinski definition) is 1. The number of carbonyl (C=O) groups excluding carboxylic acids is 2. The average molecular weight is 488 g/mol. The molecule has 152 valence electrons. The number of halogens is 2. The lowest BCUT2D eigenvalue weighted by molar-refractivity contribution is 0.0729. The molecule has 1 N–H and O–H groups in total. The zero-order valence-corrected chi connectivity index (χ0v) is 18.1. The number of carbonyl (C=O) groups is 2. The maximum Gasteiger partial charge on any atom is 0.345 e. The third-order valence-corrected chi connectivity index (χ3v) is 4.77. The molecule has 6 nitrogen and oxygen atoms in total. The highest BCUT2D eigenvalue weighted by molar-refractivity contribution is 9.10. The number of benzene rings is 3. The second-order valence-corrected chi connectivity index (χ2v) is 7.31. The van der Waals surface area contributed by atoms with Gasteiger partial charge in [0.1, 0.15) is 0 Å². The third kappa shape index (κ3) is 5.46. The van der Waals surface area contributed by atoms with Gasteiger partial charge < -0.3 is 9.47 Å². The minimum atomic E-state index is -0.596. The first-order valence-corrected chi connectivity index (χ1v) is 9.89. The summed E-state index contributed by atoms with van der Waals surface area (Å²) in [5, 5.41) is 4.25. The predicted octanol–water partition coefficient (Wildman–Crippen LogP) is 5.09. The second-order valence-electron chi connectivity index (χ2n) is 5.99. The smallest absolute Gasteiger partial charge is 0.345 e. The molecule has 0 aliphatic rings. The van der Waals surface area contributed by atoms with Gasteiger partial charge in [-0.1, -0.05) is 45.7 Å². The summed E-state index contributed by atoms with van der Waals surface area (Å²) in [7, 11) is 1.46. The Morgan fingerprint density at radius 2 is 1.83 bits per heavy atom. The van der Waals surface area contributed by atoms with Crippen LogP contribution >= 0.6 is 27.5 Å². The summed E-state index contributed by atoms with van der Waals surface area (Å²) >= 11 is 9.35. The van der Waals surface area contributed by atoms with Crippen LogP contribution in [0.5, 0.6) is 11.5 Å². The van der Waals surface area contributed by atoms with Gasteiger partial charge in [0.05, 0.1) is 23.9 Å². The Balaban J connectivity index is 1.69. The van der Waals surface area contributed by atoms with Crippen molar-refractivity contribution in [1.82, 2.24) is 5.43 Å². The summed E-state index contributed by atoms with van der Waals surface area (Å²) in [5.41, 5.74) is 3.82. The quantitative estimate of drug-likeness (QED) is 0.227. The zero-order chi connectivity index (χ0) is 21.5. The van der Waals surface area contributed by atoms with Gasteiger partial charge in [-0.2, -0.15) is 5.10 Å². The Morgan fingerprint density at radius 3 is 2.57 bits per heavy atom. The summed E-state index contributed by atoms with van der Waals surface area (Å²) in [5.74, 6) is -0.373. The highest BCUT2D eigenvalue weighted by Crippen LogP contribution is 2.29. The zero-order valence-electron chi connectivity index (χ0n) is 15.8. The van der Waals surface area contributed by atoms with Crippen LogP contribution in [0.4, 0.5) is 0 Å². The van der Waals surface area contributed by atoms with Gasteiger partial charge in [0.2, 0.25) is 0 Å².